The first kappa shape index (κ1) is 13.5. The molecule has 3 nitrogen and oxygen atoms in total. The van der Waals surface area contributed by atoms with Crippen LogP contribution in [-0.2, 0) is 6.42 Å². The molecule has 0 radical (unpaired) electrons. The molecule has 0 aromatic heterocycles. The van der Waals surface area contributed by atoms with Crippen LogP contribution in [0.15, 0.2) is 18.2 Å². The molecule has 1 unspecified atom stereocenters. The summed E-state index contributed by atoms with van der Waals surface area (Å²) in [6.07, 6.45) is 2.04. The highest BCUT2D eigenvalue weighted by Gasteiger charge is 2.23. The van der Waals surface area contributed by atoms with Crippen LogP contribution in [0.1, 0.15) is 25.8 Å². The van der Waals surface area contributed by atoms with E-state index in [1.54, 1.807) is 0 Å². The first-order valence-electron chi connectivity index (χ1n) is 6.30. The van der Waals surface area contributed by atoms with E-state index in [2.05, 4.69) is 6.07 Å². The molecular weight excluding hydrogens is 250 g/mol. The van der Waals surface area contributed by atoms with Crippen LogP contribution in [0.5, 0.6) is 11.5 Å². The van der Waals surface area contributed by atoms with E-state index in [-0.39, 0.29) is 11.0 Å². The molecule has 1 aromatic rings. The Morgan fingerprint density at radius 1 is 1.50 bits per heavy atom. The molecular formula is C14H20ClNO2. The van der Waals surface area contributed by atoms with Gasteiger partial charge in [-0.25, -0.2) is 0 Å². The molecule has 0 saturated heterocycles. The highest BCUT2D eigenvalue weighted by Crippen LogP contribution is 2.37. The zero-order valence-electron chi connectivity index (χ0n) is 10.9. The van der Waals surface area contributed by atoms with E-state index in [1.807, 2.05) is 26.0 Å². The fourth-order valence-corrected chi connectivity index (χ4v) is 2.02. The number of rotatable bonds is 4. The number of halogens is 1. The molecule has 1 heterocycles. The van der Waals surface area contributed by atoms with E-state index in [0.29, 0.717) is 13.2 Å². The molecule has 1 aliphatic heterocycles. The van der Waals surface area contributed by atoms with E-state index >= 15 is 0 Å². The minimum Gasteiger partial charge on any atom is -0.488 e. The van der Waals surface area contributed by atoms with Crippen molar-refractivity contribution in [3.8, 4) is 11.5 Å². The second-order valence-electron chi connectivity index (χ2n) is 5.27. The van der Waals surface area contributed by atoms with Crippen molar-refractivity contribution in [2.24, 2.45) is 5.73 Å². The first-order chi connectivity index (χ1) is 8.49. The number of benzene rings is 1. The van der Waals surface area contributed by atoms with Gasteiger partial charge in [0.15, 0.2) is 11.5 Å². The Labute approximate surface area is 113 Å². The Balaban J connectivity index is 2.16. The van der Waals surface area contributed by atoms with E-state index in [0.717, 1.165) is 24.3 Å². The lowest BCUT2D eigenvalue weighted by Crippen LogP contribution is -2.31. The van der Waals surface area contributed by atoms with E-state index < -0.39 is 0 Å². The average molecular weight is 270 g/mol. The average Bonchev–Trinajstić information content (AvgIpc) is 2.34. The van der Waals surface area contributed by atoms with Crippen molar-refractivity contribution in [2.75, 3.05) is 13.2 Å². The summed E-state index contributed by atoms with van der Waals surface area (Å²) in [5, 5.41) is 0. The maximum atomic E-state index is 6.14. The van der Waals surface area contributed by atoms with Crippen molar-refractivity contribution in [3.05, 3.63) is 23.8 Å². The van der Waals surface area contributed by atoms with Crippen molar-refractivity contribution in [2.45, 2.75) is 37.7 Å². The summed E-state index contributed by atoms with van der Waals surface area (Å²) in [6, 6.07) is 5.97. The standard InChI is InChI=1S/C14H20ClNO2/c1-14(2,15)9-17-12-5-3-4-10-6-7-11(8-16)18-13(10)12/h3-5,11H,6-9,16H2,1-2H3. The lowest BCUT2D eigenvalue weighted by molar-refractivity contribution is 0.167. The van der Waals surface area contributed by atoms with E-state index in [9.17, 15) is 0 Å². The lowest BCUT2D eigenvalue weighted by Gasteiger charge is -2.27. The summed E-state index contributed by atoms with van der Waals surface area (Å²) >= 11 is 6.14. The van der Waals surface area contributed by atoms with Crippen LogP contribution in [-0.4, -0.2) is 24.1 Å². The predicted octanol–water partition coefficient (Wildman–Crippen LogP) is 2.74. The third-order valence-corrected chi connectivity index (χ3v) is 3.02. The zero-order chi connectivity index (χ0) is 13.2. The fraction of sp³-hybridized carbons (Fsp3) is 0.571. The number of hydrogen-bond acceptors (Lipinski definition) is 3. The van der Waals surface area contributed by atoms with Crippen LogP contribution in [0.3, 0.4) is 0 Å². The number of ether oxygens (including phenoxy) is 2. The molecule has 2 rings (SSSR count). The molecule has 0 spiro atoms. The lowest BCUT2D eigenvalue weighted by atomic mass is 10.0. The van der Waals surface area contributed by atoms with Gasteiger partial charge in [0, 0.05) is 6.54 Å². The second-order valence-corrected chi connectivity index (χ2v) is 6.29. The van der Waals surface area contributed by atoms with Crippen molar-refractivity contribution >= 4 is 11.6 Å². The van der Waals surface area contributed by atoms with Crippen LogP contribution in [0.2, 0.25) is 0 Å². The number of fused-ring (bicyclic) bond motifs is 1. The number of aryl methyl sites for hydroxylation is 1. The normalized spacial score (nSPS) is 19.0. The summed E-state index contributed by atoms with van der Waals surface area (Å²) < 4.78 is 11.6. The minimum atomic E-state index is -0.384. The smallest absolute Gasteiger partial charge is 0.164 e. The third-order valence-electron chi connectivity index (χ3n) is 2.91. The summed E-state index contributed by atoms with van der Waals surface area (Å²) in [7, 11) is 0. The van der Waals surface area contributed by atoms with Gasteiger partial charge in [0.2, 0.25) is 0 Å². The molecule has 18 heavy (non-hydrogen) atoms. The van der Waals surface area contributed by atoms with Crippen LogP contribution >= 0.6 is 11.6 Å². The molecule has 0 aliphatic carbocycles. The van der Waals surface area contributed by atoms with Crippen LogP contribution in [0.25, 0.3) is 0 Å². The van der Waals surface area contributed by atoms with Crippen molar-refractivity contribution in [1.29, 1.82) is 0 Å². The van der Waals surface area contributed by atoms with Crippen molar-refractivity contribution in [3.63, 3.8) is 0 Å². The number of para-hydroxylation sites is 1. The van der Waals surface area contributed by atoms with Gasteiger partial charge in [-0.3, -0.25) is 0 Å². The van der Waals surface area contributed by atoms with E-state index in [1.165, 1.54) is 5.56 Å². The molecule has 0 fully saturated rings. The topological polar surface area (TPSA) is 44.5 Å². The Kier molecular flexibility index (Phi) is 4.03. The molecule has 0 amide bonds. The first-order valence-corrected chi connectivity index (χ1v) is 6.68. The van der Waals surface area contributed by atoms with Gasteiger partial charge in [-0.05, 0) is 38.3 Å². The quantitative estimate of drug-likeness (QED) is 0.855. The molecule has 1 aromatic carbocycles. The Morgan fingerprint density at radius 2 is 2.28 bits per heavy atom. The van der Waals surface area contributed by atoms with Gasteiger partial charge in [0.1, 0.15) is 12.7 Å². The van der Waals surface area contributed by atoms with Gasteiger partial charge >= 0.3 is 0 Å². The van der Waals surface area contributed by atoms with Gasteiger partial charge < -0.3 is 15.2 Å². The Hall–Kier alpha value is -0.930. The third kappa shape index (κ3) is 3.30. The number of nitrogens with two attached hydrogens (primary N) is 1. The Morgan fingerprint density at radius 3 is 2.94 bits per heavy atom. The summed E-state index contributed by atoms with van der Waals surface area (Å²) in [5.41, 5.74) is 6.85. The van der Waals surface area contributed by atoms with Gasteiger partial charge in [0.05, 0.1) is 4.87 Å². The van der Waals surface area contributed by atoms with Crippen LogP contribution in [0.4, 0.5) is 0 Å². The van der Waals surface area contributed by atoms with Crippen LogP contribution in [0, 0.1) is 0 Å². The number of hydrogen-bond donors (Lipinski definition) is 1. The zero-order valence-corrected chi connectivity index (χ0v) is 11.7. The molecule has 0 bridgehead atoms. The monoisotopic (exact) mass is 269 g/mol. The summed E-state index contributed by atoms with van der Waals surface area (Å²) in [6.45, 7) is 4.83. The largest absolute Gasteiger partial charge is 0.488 e. The summed E-state index contributed by atoms with van der Waals surface area (Å²) in [5.74, 6) is 1.60. The van der Waals surface area contributed by atoms with Gasteiger partial charge in [0.25, 0.3) is 0 Å². The molecule has 4 heteroatoms. The van der Waals surface area contributed by atoms with Gasteiger partial charge in [-0.2, -0.15) is 0 Å². The highest BCUT2D eigenvalue weighted by molar-refractivity contribution is 6.23. The Bertz CT molecular complexity index is 415. The van der Waals surface area contributed by atoms with E-state index in [4.69, 9.17) is 26.8 Å². The van der Waals surface area contributed by atoms with Gasteiger partial charge in [-0.15, -0.1) is 11.6 Å². The summed E-state index contributed by atoms with van der Waals surface area (Å²) in [4.78, 5) is -0.384. The fourth-order valence-electron chi connectivity index (χ4n) is 1.96. The maximum absolute atomic E-state index is 6.14. The van der Waals surface area contributed by atoms with Crippen LogP contribution < -0.4 is 15.2 Å². The SMILES string of the molecule is CC(C)(Cl)COc1cccc2c1OC(CN)CC2. The maximum Gasteiger partial charge on any atom is 0.164 e. The molecule has 1 atom stereocenters. The van der Waals surface area contributed by atoms with Crippen molar-refractivity contribution in [1.82, 2.24) is 0 Å². The predicted molar refractivity (Wildman–Crippen MR) is 73.7 cm³/mol. The van der Waals surface area contributed by atoms with Gasteiger partial charge in [-0.1, -0.05) is 12.1 Å². The number of alkyl halides is 1. The minimum absolute atomic E-state index is 0.0891. The molecule has 2 N–H and O–H groups in total. The second kappa shape index (κ2) is 5.37. The highest BCUT2D eigenvalue weighted by atomic mass is 35.5. The van der Waals surface area contributed by atoms with Crippen molar-refractivity contribution < 1.29 is 9.47 Å². The molecule has 0 saturated carbocycles. The molecule has 100 valence electrons. The molecule has 1 aliphatic rings.